The van der Waals surface area contributed by atoms with E-state index in [4.69, 9.17) is 0 Å². The van der Waals surface area contributed by atoms with Gasteiger partial charge in [0.05, 0.1) is 0 Å². The molecule has 0 aromatic heterocycles. The predicted molar refractivity (Wildman–Crippen MR) is 108 cm³/mol. The van der Waals surface area contributed by atoms with Gasteiger partial charge in [0, 0.05) is 25.7 Å². The van der Waals surface area contributed by atoms with Gasteiger partial charge in [0.2, 0.25) is 15.9 Å². The lowest BCUT2D eigenvalue weighted by Crippen LogP contribution is -2.46. The average molecular weight is 390 g/mol. The van der Waals surface area contributed by atoms with Gasteiger partial charge >= 0.3 is 0 Å². The molecular formula is C19H39N3O3S. The minimum atomic E-state index is -3.58. The third kappa shape index (κ3) is 8.82. The summed E-state index contributed by atoms with van der Waals surface area (Å²) in [6, 6.07) is -0.0155. The molecule has 7 heteroatoms. The molecule has 0 radical (unpaired) electrons. The molecule has 1 rings (SSSR count). The van der Waals surface area contributed by atoms with Gasteiger partial charge in [-0.25, -0.2) is 13.1 Å². The zero-order valence-corrected chi connectivity index (χ0v) is 18.1. The molecule has 1 saturated carbocycles. The average Bonchev–Trinajstić information content (AvgIpc) is 2.55. The van der Waals surface area contributed by atoms with Gasteiger partial charge in [-0.1, -0.05) is 34.6 Å². The number of hydrogen-bond donors (Lipinski definition) is 1. The van der Waals surface area contributed by atoms with Crippen molar-refractivity contribution in [1.82, 2.24) is 14.5 Å². The van der Waals surface area contributed by atoms with E-state index in [2.05, 4.69) is 30.4 Å². The Morgan fingerprint density at radius 3 is 2.15 bits per heavy atom. The van der Waals surface area contributed by atoms with Crippen LogP contribution in [0, 0.1) is 11.8 Å². The van der Waals surface area contributed by atoms with E-state index in [9.17, 15) is 13.2 Å². The van der Waals surface area contributed by atoms with Crippen molar-refractivity contribution < 1.29 is 13.2 Å². The summed E-state index contributed by atoms with van der Waals surface area (Å²) in [6.45, 7) is 14.3. The molecule has 1 amide bonds. The first-order valence-electron chi connectivity index (χ1n) is 10.2. The predicted octanol–water partition coefficient (Wildman–Crippen LogP) is 2.31. The zero-order valence-electron chi connectivity index (χ0n) is 17.3. The van der Waals surface area contributed by atoms with Crippen molar-refractivity contribution in [2.75, 3.05) is 38.5 Å². The van der Waals surface area contributed by atoms with Crippen LogP contribution in [0.25, 0.3) is 0 Å². The zero-order chi connectivity index (χ0) is 19.7. The van der Waals surface area contributed by atoms with Crippen molar-refractivity contribution in [3.05, 3.63) is 0 Å². The summed E-state index contributed by atoms with van der Waals surface area (Å²) in [5.41, 5.74) is 0. The summed E-state index contributed by atoms with van der Waals surface area (Å²) < 4.78 is 27.7. The maximum Gasteiger partial charge on any atom is 0.239 e. The van der Waals surface area contributed by atoms with E-state index in [1.807, 2.05) is 13.8 Å². The molecule has 1 aliphatic rings. The number of likely N-dealkylation sites (N-methyl/N-ethyl adjacent to an activating group) is 1. The summed E-state index contributed by atoms with van der Waals surface area (Å²) in [5.74, 6) is 0.247. The summed E-state index contributed by atoms with van der Waals surface area (Å²) >= 11 is 0. The van der Waals surface area contributed by atoms with E-state index < -0.39 is 15.8 Å². The normalized spacial score (nSPS) is 21.3. The molecule has 0 unspecified atom stereocenters. The van der Waals surface area contributed by atoms with Gasteiger partial charge in [0.25, 0.3) is 0 Å². The van der Waals surface area contributed by atoms with Gasteiger partial charge in [0.1, 0.15) is 5.75 Å². The van der Waals surface area contributed by atoms with Crippen LogP contribution in [0.5, 0.6) is 0 Å². The van der Waals surface area contributed by atoms with Crippen LogP contribution < -0.4 is 4.72 Å². The van der Waals surface area contributed by atoms with E-state index in [0.717, 1.165) is 45.3 Å². The lowest BCUT2D eigenvalue weighted by atomic mass is 9.88. The quantitative estimate of drug-likeness (QED) is 0.589. The van der Waals surface area contributed by atoms with Crippen LogP contribution in [-0.4, -0.2) is 68.6 Å². The smallest absolute Gasteiger partial charge is 0.239 e. The number of nitrogens with one attached hydrogen (secondary N) is 1. The molecule has 0 aromatic rings. The molecule has 26 heavy (non-hydrogen) atoms. The largest absolute Gasteiger partial charge is 0.340 e. The van der Waals surface area contributed by atoms with Gasteiger partial charge in [-0.2, -0.15) is 0 Å². The third-order valence-electron chi connectivity index (χ3n) is 5.19. The van der Waals surface area contributed by atoms with Crippen molar-refractivity contribution in [1.29, 1.82) is 0 Å². The second-order valence-electron chi connectivity index (χ2n) is 8.09. The Balaban J connectivity index is 2.62. The van der Waals surface area contributed by atoms with Crippen molar-refractivity contribution in [3.63, 3.8) is 0 Å². The fraction of sp³-hybridized carbons (Fsp3) is 0.947. The Morgan fingerprint density at radius 2 is 1.65 bits per heavy atom. The Kier molecular flexibility index (Phi) is 10.1. The van der Waals surface area contributed by atoms with Gasteiger partial charge in [-0.15, -0.1) is 0 Å². The SMILES string of the molecule is CCN(CC)CCN(CC(C)C)C(=O)CS(=O)(=O)NC1CCC(C)CC1. The number of rotatable bonds is 11. The highest BCUT2D eigenvalue weighted by Crippen LogP contribution is 2.23. The first kappa shape index (κ1) is 23.4. The molecule has 1 aliphatic carbocycles. The third-order valence-corrected chi connectivity index (χ3v) is 6.51. The summed E-state index contributed by atoms with van der Waals surface area (Å²) in [4.78, 5) is 16.6. The second kappa shape index (κ2) is 11.2. The van der Waals surface area contributed by atoms with Crippen molar-refractivity contribution in [2.45, 2.75) is 66.3 Å². The van der Waals surface area contributed by atoms with Crippen LogP contribution in [-0.2, 0) is 14.8 Å². The second-order valence-corrected chi connectivity index (χ2v) is 9.85. The van der Waals surface area contributed by atoms with Gasteiger partial charge in [-0.05, 0) is 50.6 Å². The molecule has 0 aliphatic heterocycles. The molecule has 0 bridgehead atoms. The highest BCUT2D eigenvalue weighted by atomic mass is 32.2. The first-order valence-corrected chi connectivity index (χ1v) is 11.8. The topological polar surface area (TPSA) is 69.7 Å². The summed E-state index contributed by atoms with van der Waals surface area (Å²) in [7, 11) is -3.58. The lowest BCUT2D eigenvalue weighted by molar-refractivity contribution is -0.129. The van der Waals surface area contributed by atoms with Crippen molar-refractivity contribution in [3.8, 4) is 0 Å². The Morgan fingerprint density at radius 1 is 1.08 bits per heavy atom. The maximum absolute atomic E-state index is 12.7. The van der Waals surface area contributed by atoms with Crippen LogP contribution in [0.3, 0.4) is 0 Å². The minimum Gasteiger partial charge on any atom is -0.340 e. The van der Waals surface area contributed by atoms with Gasteiger partial charge in [-0.3, -0.25) is 4.79 Å². The highest BCUT2D eigenvalue weighted by molar-refractivity contribution is 7.90. The van der Waals surface area contributed by atoms with Crippen molar-refractivity contribution >= 4 is 15.9 Å². The monoisotopic (exact) mass is 389 g/mol. The minimum absolute atomic E-state index is 0.0155. The maximum atomic E-state index is 12.7. The molecule has 0 heterocycles. The standard InChI is InChI=1S/C19H39N3O3S/c1-6-21(7-2)12-13-22(14-16(3)4)19(23)15-26(24,25)20-18-10-8-17(5)9-11-18/h16-18,20H,6-15H2,1-5H3. The molecule has 0 spiro atoms. The fourth-order valence-corrected chi connectivity index (χ4v) is 4.82. The summed E-state index contributed by atoms with van der Waals surface area (Å²) in [5, 5.41) is 0. The van der Waals surface area contributed by atoms with Crippen LogP contribution in [0.2, 0.25) is 0 Å². The number of carbonyl (C=O) groups is 1. The van der Waals surface area contributed by atoms with Gasteiger partial charge < -0.3 is 9.80 Å². The summed E-state index contributed by atoms with van der Waals surface area (Å²) in [6.07, 6.45) is 3.83. The molecule has 1 N–H and O–H groups in total. The van der Waals surface area contributed by atoms with E-state index in [-0.39, 0.29) is 11.9 Å². The van der Waals surface area contributed by atoms with Crippen LogP contribution in [0.15, 0.2) is 0 Å². The molecule has 1 fully saturated rings. The van der Waals surface area contributed by atoms with E-state index >= 15 is 0 Å². The Bertz CT molecular complexity index is 510. The van der Waals surface area contributed by atoms with Crippen LogP contribution in [0.1, 0.15) is 60.3 Å². The highest BCUT2D eigenvalue weighted by Gasteiger charge is 2.27. The molecule has 0 atom stereocenters. The Labute approximate surface area is 160 Å². The number of amides is 1. The molecule has 0 aromatic carbocycles. The van der Waals surface area contributed by atoms with E-state index in [1.54, 1.807) is 4.90 Å². The Hall–Kier alpha value is -0.660. The lowest BCUT2D eigenvalue weighted by Gasteiger charge is -2.29. The molecule has 154 valence electrons. The molecular weight excluding hydrogens is 350 g/mol. The number of hydrogen-bond acceptors (Lipinski definition) is 4. The number of sulfonamides is 1. The molecule has 6 nitrogen and oxygen atoms in total. The number of nitrogens with zero attached hydrogens (tertiary/aromatic N) is 2. The van der Waals surface area contributed by atoms with Crippen LogP contribution in [0.4, 0.5) is 0 Å². The van der Waals surface area contributed by atoms with Crippen molar-refractivity contribution in [2.24, 2.45) is 11.8 Å². The first-order chi connectivity index (χ1) is 12.2. The van der Waals surface area contributed by atoms with E-state index in [0.29, 0.717) is 24.9 Å². The molecule has 0 saturated heterocycles. The van der Waals surface area contributed by atoms with E-state index in [1.165, 1.54) is 0 Å². The van der Waals surface area contributed by atoms with Gasteiger partial charge in [0.15, 0.2) is 0 Å². The fourth-order valence-electron chi connectivity index (χ4n) is 3.49. The van der Waals surface area contributed by atoms with Crippen LogP contribution >= 0.6 is 0 Å². The number of carbonyl (C=O) groups excluding carboxylic acids is 1.